The SMILES string of the molecule is CCNC(=NCCCN(C)c1ccccc1)NCCN1C(=O)C2C3C=CC(C3)C2C1=O. The van der Waals surface area contributed by atoms with Crippen LogP contribution in [0.25, 0.3) is 0 Å². The van der Waals surface area contributed by atoms with Gasteiger partial charge < -0.3 is 15.5 Å². The molecular formula is C24H33N5O2. The number of carbonyl (C=O) groups is 2. The van der Waals surface area contributed by atoms with Crippen LogP contribution in [0.3, 0.4) is 0 Å². The highest BCUT2D eigenvalue weighted by Crippen LogP contribution is 2.52. The number of likely N-dealkylation sites (tertiary alicyclic amines) is 1. The van der Waals surface area contributed by atoms with Crippen molar-refractivity contribution >= 4 is 23.5 Å². The van der Waals surface area contributed by atoms with Crippen molar-refractivity contribution in [2.24, 2.45) is 28.7 Å². The lowest BCUT2D eigenvalue weighted by Gasteiger charge is -2.19. The summed E-state index contributed by atoms with van der Waals surface area (Å²) in [7, 11) is 2.09. The molecule has 1 saturated carbocycles. The number of carbonyl (C=O) groups excluding carboxylic acids is 2. The van der Waals surface area contributed by atoms with E-state index >= 15 is 0 Å². The summed E-state index contributed by atoms with van der Waals surface area (Å²) >= 11 is 0. The minimum Gasteiger partial charge on any atom is -0.375 e. The fourth-order valence-corrected chi connectivity index (χ4v) is 5.12. The molecule has 7 heteroatoms. The summed E-state index contributed by atoms with van der Waals surface area (Å²) in [6.45, 7) is 5.31. The molecule has 3 aliphatic rings. The second-order valence-corrected chi connectivity index (χ2v) is 8.63. The number of aliphatic imine (C=N–C) groups is 1. The maximum atomic E-state index is 12.8. The summed E-state index contributed by atoms with van der Waals surface area (Å²) in [4.78, 5) is 33.9. The number of hydrogen-bond acceptors (Lipinski definition) is 4. The van der Waals surface area contributed by atoms with E-state index in [0.29, 0.717) is 19.6 Å². The number of anilines is 1. The largest absolute Gasteiger partial charge is 0.375 e. The Morgan fingerprint density at radius 1 is 1.10 bits per heavy atom. The Labute approximate surface area is 184 Å². The van der Waals surface area contributed by atoms with Crippen molar-refractivity contribution in [1.29, 1.82) is 0 Å². The van der Waals surface area contributed by atoms with E-state index in [9.17, 15) is 9.59 Å². The van der Waals surface area contributed by atoms with Crippen LogP contribution in [0.4, 0.5) is 5.69 Å². The van der Waals surface area contributed by atoms with Crippen LogP contribution < -0.4 is 15.5 Å². The number of guanidine groups is 1. The molecule has 4 atom stereocenters. The average molecular weight is 424 g/mol. The van der Waals surface area contributed by atoms with Crippen LogP contribution >= 0.6 is 0 Å². The molecule has 2 amide bonds. The van der Waals surface area contributed by atoms with E-state index in [-0.39, 0.29) is 35.5 Å². The first-order valence-corrected chi connectivity index (χ1v) is 11.4. The lowest BCUT2D eigenvalue weighted by Crippen LogP contribution is -2.43. The van der Waals surface area contributed by atoms with Gasteiger partial charge in [0.2, 0.25) is 11.8 Å². The number of para-hydroxylation sites is 1. The van der Waals surface area contributed by atoms with Crippen LogP contribution in [0.5, 0.6) is 0 Å². The van der Waals surface area contributed by atoms with Crippen LogP contribution in [-0.2, 0) is 9.59 Å². The topological polar surface area (TPSA) is 77.0 Å². The van der Waals surface area contributed by atoms with Crippen molar-refractivity contribution in [3.8, 4) is 0 Å². The van der Waals surface area contributed by atoms with Crippen LogP contribution in [0, 0.1) is 23.7 Å². The van der Waals surface area contributed by atoms with Gasteiger partial charge in [-0.2, -0.15) is 0 Å². The Kier molecular flexibility index (Phi) is 6.59. The Bertz CT molecular complexity index is 823. The quantitative estimate of drug-likeness (QED) is 0.209. The summed E-state index contributed by atoms with van der Waals surface area (Å²) in [6.07, 6.45) is 6.16. The van der Waals surface area contributed by atoms with Crippen molar-refractivity contribution in [2.45, 2.75) is 19.8 Å². The number of nitrogens with one attached hydrogen (secondary N) is 2. The molecule has 7 nitrogen and oxygen atoms in total. The molecule has 2 fully saturated rings. The van der Waals surface area contributed by atoms with E-state index in [1.165, 1.54) is 10.6 Å². The smallest absolute Gasteiger partial charge is 0.233 e. The van der Waals surface area contributed by atoms with E-state index in [0.717, 1.165) is 31.9 Å². The number of imide groups is 1. The molecule has 0 aromatic heterocycles. The van der Waals surface area contributed by atoms with Crippen molar-refractivity contribution in [3.63, 3.8) is 0 Å². The normalized spacial score (nSPS) is 26.5. The summed E-state index contributed by atoms with van der Waals surface area (Å²) in [5, 5.41) is 6.52. The molecule has 31 heavy (non-hydrogen) atoms. The fraction of sp³-hybridized carbons (Fsp3) is 0.542. The van der Waals surface area contributed by atoms with Crippen LogP contribution in [0.15, 0.2) is 47.5 Å². The lowest BCUT2D eigenvalue weighted by molar-refractivity contribution is -0.140. The second-order valence-electron chi connectivity index (χ2n) is 8.63. The second kappa shape index (κ2) is 9.54. The molecule has 0 spiro atoms. The molecule has 1 aromatic carbocycles. The molecular weight excluding hydrogens is 390 g/mol. The van der Waals surface area contributed by atoms with Crippen molar-refractivity contribution in [1.82, 2.24) is 15.5 Å². The van der Waals surface area contributed by atoms with Gasteiger partial charge in [0.05, 0.1) is 11.8 Å². The van der Waals surface area contributed by atoms with E-state index in [1.807, 2.05) is 25.1 Å². The molecule has 166 valence electrons. The molecule has 2 aliphatic carbocycles. The van der Waals surface area contributed by atoms with Crippen LogP contribution in [0.2, 0.25) is 0 Å². The van der Waals surface area contributed by atoms with Gasteiger partial charge in [-0.1, -0.05) is 30.4 Å². The number of rotatable bonds is 9. The molecule has 2 N–H and O–H groups in total. The predicted molar refractivity (Wildman–Crippen MR) is 123 cm³/mol. The first kappa shape index (κ1) is 21.4. The van der Waals surface area contributed by atoms with E-state index in [2.05, 4.69) is 51.9 Å². The van der Waals surface area contributed by atoms with E-state index < -0.39 is 0 Å². The molecule has 1 aromatic rings. The van der Waals surface area contributed by atoms with Gasteiger partial charge in [-0.25, -0.2) is 0 Å². The zero-order chi connectivity index (χ0) is 21.8. The van der Waals surface area contributed by atoms with Crippen molar-refractivity contribution in [3.05, 3.63) is 42.5 Å². The summed E-state index contributed by atoms with van der Waals surface area (Å²) < 4.78 is 0. The molecule has 4 rings (SSSR count). The fourth-order valence-electron chi connectivity index (χ4n) is 5.12. The first-order chi connectivity index (χ1) is 15.1. The van der Waals surface area contributed by atoms with Crippen molar-refractivity contribution < 1.29 is 9.59 Å². The maximum Gasteiger partial charge on any atom is 0.233 e. The standard InChI is InChI=1S/C24H33N5O2/c1-3-25-24(26-12-7-14-28(2)19-8-5-4-6-9-19)27-13-15-29-22(30)20-17-10-11-18(16-17)21(20)23(29)31/h4-6,8-11,17-18,20-21H,3,7,12-16H2,1-2H3,(H2,25,26,27). The predicted octanol–water partition coefficient (Wildman–Crippen LogP) is 1.88. The average Bonchev–Trinajstić information content (AvgIpc) is 3.46. The van der Waals surface area contributed by atoms with Crippen LogP contribution in [0.1, 0.15) is 19.8 Å². The van der Waals surface area contributed by atoms with Crippen LogP contribution in [-0.4, -0.2) is 62.4 Å². The van der Waals surface area contributed by atoms with Gasteiger partial charge in [0, 0.05) is 45.5 Å². The summed E-state index contributed by atoms with van der Waals surface area (Å²) in [6, 6.07) is 10.3. The number of allylic oxidation sites excluding steroid dienone is 2. The van der Waals surface area contributed by atoms with Gasteiger partial charge in [-0.15, -0.1) is 0 Å². The molecule has 2 bridgehead atoms. The van der Waals surface area contributed by atoms with Gasteiger partial charge >= 0.3 is 0 Å². The lowest BCUT2D eigenvalue weighted by atomic mass is 9.85. The maximum absolute atomic E-state index is 12.8. The van der Waals surface area contributed by atoms with Gasteiger partial charge in [0.15, 0.2) is 5.96 Å². The minimum absolute atomic E-state index is 0.0135. The molecule has 0 radical (unpaired) electrons. The number of benzene rings is 1. The highest BCUT2D eigenvalue weighted by molar-refractivity contribution is 6.06. The number of nitrogens with zero attached hydrogens (tertiary/aromatic N) is 3. The highest BCUT2D eigenvalue weighted by atomic mass is 16.2. The minimum atomic E-state index is -0.119. The molecule has 4 unspecified atom stereocenters. The number of fused-ring (bicyclic) bond motifs is 5. The number of hydrogen-bond donors (Lipinski definition) is 2. The zero-order valence-electron chi connectivity index (χ0n) is 18.5. The Balaban J connectivity index is 1.22. The number of amides is 2. The van der Waals surface area contributed by atoms with E-state index in [4.69, 9.17) is 0 Å². The third-order valence-electron chi connectivity index (χ3n) is 6.65. The Hall–Kier alpha value is -2.83. The summed E-state index contributed by atoms with van der Waals surface area (Å²) in [5.41, 5.74) is 1.20. The zero-order valence-corrected chi connectivity index (χ0v) is 18.5. The highest BCUT2D eigenvalue weighted by Gasteiger charge is 2.58. The Morgan fingerprint density at radius 3 is 2.42 bits per heavy atom. The van der Waals surface area contributed by atoms with Gasteiger partial charge in [-0.05, 0) is 43.7 Å². The van der Waals surface area contributed by atoms with Crippen molar-refractivity contribution in [2.75, 3.05) is 44.7 Å². The van der Waals surface area contributed by atoms with E-state index in [1.54, 1.807) is 0 Å². The monoisotopic (exact) mass is 423 g/mol. The molecule has 1 heterocycles. The third-order valence-corrected chi connectivity index (χ3v) is 6.65. The van der Waals surface area contributed by atoms with Gasteiger partial charge in [0.1, 0.15) is 0 Å². The molecule has 1 saturated heterocycles. The molecule has 1 aliphatic heterocycles. The summed E-state index contributed by atoms with van der Waals surface area (Å²) in [5.74, 6) is 1.04. The third kappa shape index (κ3) is 4.45. The van der Waals surface area contributed by atoms with Gasteiger partial charge in [-0.3, -0.25) is 19.5 Å². The Morgan fingerprint density at radius 2 is 1.77 bits per heavy atom. The first-order valence-electron chi connectivity index (χ1n) is 11.4. The van der Waals surface area contributed by atoms with Gasteiger partial charge in [0.25, 0.3) is 0 Å².